The fraction of sp³-hybridized carbons (Fsp3) is 0.292. The number of ether oxygens (including phenoxy) is 3. The lowest BCUT2D eigenvalue weighted by Crippen LogP contribution is -2.08. The molecule has 0 saturated heterocycles. The van der Waals surface area contributed by atoms with Crippen molar-refractivity contribution < 1.29 is 23.5 Å². The summed E-state index contributed by atoms with van der Waals surface area (Å²) in [4.78, 5) is 12.5. The molecular formula is C24H25N3O5. The summed E-state index contributed by atoms with van der Waals surface area (Å²) in [5.74, 6) is 0.387. The number of hydrogen-bond acceptors (Lipinski definition) is 7. The zero-order valence-electron chi connectivity index (χ0n) is 18.5. The van der Waals surface area contributed by atoms with Crippen molar-refractivity contribution in [2.45, 2.75) is 27.0 Å². The Morgan fingerprint density at radius 2 is 1.97 bits per heavy atom. The third kappa shape index (κ3) is 5.25. The van der Waals surface area contributed by atoms with Gasteiger partial charge in [0.05, 0.1) is 13.7 Å². The second-order valence-electron chi connectivity index (χ2n) is 7.12. The lowest BCUT2D eigenvalue weighted by molar-refractivity contribution is -0.140. The maximum atomic E-state index is 12.5. The first-order valence-electron chi connectivity index (χ1n) is 10.0. The molecule has 2 aromatic heterocycles. The fourth-order valence-corrected chi connectivity index (χ4v) is 3.29. The number of esters is 1. The van der Waals surface area contributed by atoms with E-state index in [0.717, 1.165) is 28.3 Å². The number of methoxy groups -OCH3 is 2. The van der Waals surface area contributed by atoms with Crippen molar-refractivity contribution in [2.75, 3.05) is 20.8 Å². The largest absolute Gasteiger partial charge is 0.497 e. The molecule has 1 aromatic carbocycles. The van der Waals surface area contributed by atoms with Crippen LogP contribution in [0.25, 0.3) is 17.3 Å². The molecule has 0 spiro atoms. The highest BCUT2D eigenvalue weighted by Crippen LogP contribution is 2.23. The first kappa shape index (κ1) is 22.8. The van der Waals surface area contributed by atoms with Crippen LogP contribution in [0.3, 0.4) is 0 Å². The van der Waals surface area contributed by atoms with Gasteiger partial charge in [-0.1, -0.05) is 5.16 Å². The summed E-state index contributed by atoms with van der Waals surface area (Å²) in [6, 6.07) is 12.9. The molecule has 0 fully saturated rings. The average Bonchev–Trinajstić information content (AvgIpc) is 3.39. The molecule has 0 bridgehead atoms. The Bertz CT molecular complexity index is 1150. The third-order valence-electron chi connectivity index (χ3n) is 5.06. The molecule has 0 amide bonds. The Kier molecular flexibility index (Phi) is 7.47. The molecule has 8 nitrogen and oxygen atoms in total. The van der Waals surface area contributed by atoms with Gasteiger partial charge >= 0.3 is 5.97 Å². The van der Waals surface area contributed by atoms with Crippen LogP contribution >= 0.6 is 0 Å². The van der Waals surface area contributed by atoms with Gasteiger partial charge in [0.15, 0.2) is 12.4 Å². The molecule has 0 aliphatic carbocycles. The molecule has 166 valence electrons. The molecule has 0 aliphatic rings. The molecular weight excluding hydrogens is 410 g/mol. The van der Waals surface area contributed by atoms with Gasteiger partial charge in [0, 0.05) is 36.7 Å². The van der Waals surface area contributed by atoms with Crippen molar-refractivity contribution in [2.24, 2.45) is 0 Å². The summed E-state index contributed by atoms with van der Waals surface area (Å²) in [6.45, 7) is 5.03. The van der Waals surface area contributed by atoms with Crippen molar-refractivity contribution in [1.82, 2.24) is 9.72 Å². The predicted octanol–water partition coefficient (Wildman–Crippen LogP) is 4.07. The van der Waals surface area contributed by atoms with Crippen LogP contribution in [0.2, 0.25) is 0 Å². The van der Waals surface area contributed by atoms with Crippen molar-refractivity contribution in [1.29, 1.82) is 5.26 Å². The number of nitriles is 1. The quantitative estimate of drug-likeness (QED) is 0.284. The van der Waals surface area contributed by atoms with E-state index in [1.807, 2.05) is 50.2 Å². The summed E-state index contributed by atoms with van der Waals surface area (Å²) in [6.07, 6.45) is 1.54. The Morgan fingerprint density at radius 3 is 2.62 bits per heavy atom. The number of nitrogens with zero attached hydrogens (tertiary/aromatic N) is 3. The average molecular weight is 435 g/mol. The summed E-state index contributed by atoms with van der Waals surface area (Å²) >= 11 is 0. The van der Waals surface area contributed by atoms with E-state index < -0.39 is 5.97 Å². The number of benzene rings is 1. The van der Waals surface area contributed by atoms with Crippen LogP contribution in [-0.2, 0) is 27.4 Å². The summed E-state index contributed by atoms with van der Waals surface area (Å²) in [5.41, 5.74) is 4.11. The first-order chi connectivity index (χ1) is 15.5. The Balaban J connectivity index is 1.67. The van der Waals surface area contributed by atoms with Crippen LogP contribution in [-0.4, -0.2) is 36.5 Å². The van der Waals surface area contributed by atoms with E-state index in [1.165, 1.54) is 6.08 Å². The van der Waals surface area contributed by atoms with Crippen molar-refractivity contribution in [3.05, 3.63) is 64.7 Å². The standard InChI is InChI=1S/C24H25N3O5/c1-16-11-19(17(2)27(16)9-10-29-3)12-20(14-25)24(28)31-15-22-13-23(26-32-22)18-5-7-21(30-4)8-6-18/h5-8,11-13H,9-10,15H2,1-4H3. The van der Waals surface area contributed by atoms with Crippen LogP contribution < -0.4 is 4.74 Å². The molecule has 0 unspecified atom stereocenters. The maximum absolute atomic E-state index is 12.5. The summed E-state index contributed by atoms with van der Waals surface area (Å²) in [7, 11) is 3.24. The molecule has 0 atom stereocenters. The van der Waals surface area contributed by atoms with E-state index in [9.17, 15) is 10.1 Å². The van der Waals surface area contributed by atoms with Crippen LogP contribution in [0.4, 0.5) is 0 Å². The van der Waals surface area contributed by atoms with E-state index >= 15 is 0 Å². The molecule has 3 aromatic rings. The Morgan fingerprint density at radius 1 is 1.22 bits per heavy atom. The molecule has 0 radical (unpaired) electrons. The summed E-state index contributed by atoms with van der Waals surface area (Å²) < 4.78 is 22.9. The van der Waals surface area contributed by atoms with E-state index in [4.69, 9.17) is 18.7 Å². The normalized spacial score (nSPS) is 11.3. The van der Waals surface area contributed by atoms with Crippen molar-refractivity contribution in [3.63, 3.8) is 0 Å². The van der Waals surface area contributed by atoms with Crippen LogP contribution in [0, 0.1) is 25.2 Å². The SMILES string of the molecule is COCCn1c(C)cc(C=C(C#N)C(=O)OCc2cc(-c3ccc(OC)cc3)no2)c1C. The van der Waals surface area contributed by atoms with Crippen LogP contribution in [0.5, 0.6) is 5.75 Å². The van der Waals surface area contributed by atoms with Crippen molar-refractivity contribution >= 4 is 12.0 Å². The second-order valence-corrected chi connectivity index (χ2v) is 7.12. The minimum Gasteiger partial charge on any atom is -0.497 e. The highest BCUT2D eigenvalue weighted by Gasteiger charge is 2.16. The maximum Gasteiger partial charge on any atom is 0.349 e. The van der Waals surface area contributed by atoms with Gasteiger partial charge in [-0.2, -0.15) is 5.26 Å². The smallest absolute Gasteiger partial charge is 0.349 e. The Labute approximate surface area is 186 Å². The highest BCUT2D eigenvalue weighted by molar-refractivity contribution is 5.98. The lowest BCUT2D eigenvalue weighted by atomic mass is 10.1. The number of carbonyl (C=O) groups is 1. The van der Waals surface area contributed by atoms with E-state index in [0.29, 0.717) is 24.6 Å². The molecule has 3 rings (SSSR count). The van der Waals surface area contributed by atoms with E-state index in [1.54, 1.807) is 20.3 Å². The topological polar surface area (TPSA) is 99.5 Å². The molecule has 8 heteroatoms. The van der Waals surface area contributed by atoms with Crippen molar-refractivity contribution in [3.8, 4) is 23.1 Å². The zero-order chi connectivity index (χ0) is 23.1. The molecule has 0 saturated carbocycles. The first-order valence-corrected chi connectivity index (χ1v) is 10.0. The summed E-state index contributed by atoms with van der Waals surface area (Å²) in [5, 5.41) is 13.5. The lowest BCUT2D eigenvalue weighted by Gasteiger charge is -2.08. The second kappa shape index (κ2) is 10.5. The zero-order valence-corrected chi connectivity index (χ0v) is 18.5. The van der Waals surface area contributed by atoms with Gasteiger partial charge in [-0.3, -0.25) is 0 Å². The molecule has 32 heavy (non-hydrogen) atoms. The van der Waals surface area contributed by atoms with Gasteiger partial charge in [-0.05, 0) is 55.8 Å². The molecule has 0 aliphatic heterocycles. The number of hydrogen-bond donors (Lipinski definition) is 0. The van der Waals surface area contributed by atoms with Crippen LogP contribution in [0.15, 0.2) is 46.5 Å². The minimum atomic E-state index is -0.725. The Hall–Kier alpha value is -3.83. The van der Waals surface area contributed by atoms with Gasteiger partial charge in [0.2, 0.25) is 0 Å². The fourth-order valence-electron chi connectivity index (χ4n) is 3.29. The number of carbonyl (C=O) groups excluding carboxylic acids is 1. The van der Waals surface area contributed by atoms with Gasteiger partial charge in [-0.15, -0.1) is 0 Å². The number of aryl methyl sites for hydroxylation is 1. The number of aromatic nitrogens is 2. The molecule has 0 N–H and O–H groups in total. The highest BCUT2D eigenvalue weighted by atomic mass is 16.5. The number of rotatable bonds is 9. The van der Waals surface area contributed by atoms with E-state index in [-0.39, 0.29) is 12.2 Å². The van der Waals surface area contributed by atoms with Crippen LogP contribution in [0.1, 0.15) is 22.7 Å². The van der Waals surface area contributed by atoms with Gasteiger partial charge < -0.3 is 23.3 Å². The van der Waals surface area contributed by atoms with Gasteiger partial charge in [0.25, 0.3) is 0 Å². The molecule has 2 heterocycles. The van der Waals surface area contributed by atoms with Gasteiger partial charge in [-0.25, -0.2) is 4.79 Å². The monoisotopic (exact) mass is 435 g/mol. The predicted molar refractivity (Wildman–Crippen MR) is 118 cm³/mol. The van der Waals surface area contributed by atoms with Gasteiger partial charge in [0.1, 0.15) is 23.1 Å². The third-order valence-corrected chi connectivity index (χ3v) is 5.06. The van der Waals surface area contributed by atoms with E-state index in [2.05, 4.69) is 9.72 Å². The minimum absolute atomic E-state index is 0.0908.